The molecule has 0 bridgehead atoms. The smallest absolute Gasteiger partial charge is 0.225 e. The molecule has 0 aliphatic carbocycles. The minimum Gasteiger partial charge on any atom is -0.355 e. The first-order valence-electron chi connectivity index (χ1n) is 9.00. The summed E-state index contributed by atoms with van der Waals surface area (Å²) in [5, 5.41) is 6.60. The topological polar surface area (TPSA) is 69.8 Å². The van der Waals surface area contributed by atoms with Gasteiger partial charge in [0.15, 0.2) is 0 Å². The molecule has 2 aliphatic rings. The van der Waals surface area contributed by atoms with E-state index in [2.05, 4.69) is 50.9 Å². The van der Waals surface area contributed by atoms with Crippen molar-refractivity contribution in [2.45, 2.75) is 32.1 Å². The molecule has 0 saturated carbocycles. The van der Waals surface area contributed by atoms with Crippen LogP contribution in [0.25, 0.3) is 0 Å². The summed E-state index contributed by atoms with van der Waals surface area (Å²) in [5.41, 5.74) is 8.87. The highest BCUT2D eigenvalue weighted by atomic mass is 16.1. The number of nitrogens with one attached hydrogen (secondary N) is 3. The van der Waals surface area contributed by atoms with Crippen molar-refractivity contribution in [3.63, 3.8) is 0 Å². The van der Waals surface area contributed by atoms with Crippen molar-refractivity contribution >= 4 is 23.0 Å². The lowest BCUT2D eigenvalue weighted by atomic mass is 9.85. The maximum Gasteiger partial charge on any atom is 0.225 e. The van der Waals surface area contributed by atoms with E-state index in [9.17, 15) is 4.79 Å². The Kier molecular flexibility index (Phi) is 3.35. The van der Waals surface area contributed by atoms with Gasteiger partial charge >= 0.3 is 0 Å². The van der Waals surface area contributed by atoms with Gasteiger partial charge in [0.1, 0.15) is 0 Å². The van der Waals surface area contributed by atoms with E-state index in [0.29, 0.717) is 6.42 Å². The first-order valence-corrected chi connectivity index (χ1v) is 9.00. The second-order valence-electron chi connectivity index (χ2n) is 7.10. The fraction of sp³-hybridized carbons (Fsp3) is 0.238. The number of anilines is 3. The van der Waals surface area contributed by atoms with Crippen LogP contribution in [0.5, 0.6) is 0 Å². The third-order valence-corrected chi connectivity index (χ3v) is 5.46. The van der Waals surface area contributed by atoms with Crippen molar-refractivity contribution in [3.8, 4) is 0 Å². The predicted molar refractivity (Wildman–Crippen MR) is 102 cm³/mol. The molecule has 3 heterocycles. The maximum absolute atomic E-state index is 12.3. The van der Waals surface area contributed by atoms with E-state index < -0.39 is 0 Å². The molecule has 5 rings (SSSR count). The largest absolute Gasteiger partial charge is 0.355 e. The van der Waals surface area contributed by atoms with Gasteiger partial charge in [0.25, 0.3) is 0 Å². The zero-order valence-corrected chi connectivity index (χ0v) is 14.6. The highest BCUT2D eigenvalue weighted by Gasteiger charge is 2.30. The molecule has 2 aromatic carbocycles. The van der Waals surface area contributed by atoms with Gasteiger partial charge in [-0.1, -0.05) is 24.3 Å². The van der Waals surface area contributed by atoms with Crippen LogP contribution in [-0.4, -0.2) is 15.9 Å². The van der Waals surface area contributed by atoms with Gasteiger partial charge in [0.05, 0.1) is 12.0 Å². The zero-order chi connectivity index (χ0) is 17.7. The number of amides is 1. The molecule has 5 nitrogen and oxygen atoms in total. The van der Waals surface area contributed by atoms with Crippen LogP contribution >= 0.6 is 0 Å². The second-order valence-corrected chi connectivity index (χ2v) is 7.10. The Morgan fingerprint density at radius 1 is 1.00 bits per heavy atom. The number of carbonyl (C=O) groups is 1. The number of fused-ring (bicyclic) bond motifs is 3. The number of aromatic amines is 1. The minimum atomic E-state index is 0.000860. The summed E-state index contributed by atoms with van der Waals surface area (Å²) in [6.07, 6.45) is 4.13. The second kappa shape index (κ2) is 5.73. The van der Waals surface area contributed by atoms with E-state index in [-0.39, 0.29) is 11.8 Å². The van der Waals surface area contributed by atoms with Crippen LogP contribution in [0.1, 0.15) is 40.4 Å². The molecule has 1 aromatic heterocycles. The lowest BCUT2D eigenvalue weighted by Gasteiger charge is -2.27. The lowest BCUT2D eigenvalue weighted by molar-refractivity contribution is -0.116. The van der Waals surface area contributed by atoms with E-state index in [1.807, 2.05) is 13.0 Å². The average molecular weight is 344 g/mol. The van der Waals surface area contributed by atoms with Crippen molar-refractivity contribution in [2.24, 2.45) is 0 Å². The molecular formula is C21H20N4O. The molecule has 5 heteroatoms. The van der Waals surface area contributed by atoms with Gasteiger partial charge in [-0.3, -0.25) is 4.79 Å². The molecule has 26 heavy (non-hydrogen) atoms. The van der Waals surface area contributed by atoms with E-state index in [1.165, 1.54) is 11.1 Å². The van der Waals surface area contributed by atoms with Crippen molar-refractivity contribution < 1.29 is 4.79 Å². The lowest BCUT2D eigenvalue weighted by Crippen LogP contribution is -2.24. The SMILES string of the molecule is Cc1[nH]cnc1[C@H]1CC(=O)Nc2cc3c(cc21)CCc1ccccc1N3. The van der Waals surface area contributed by atoms with Crippen LogP contribution < -0.4 is 10.6 Å². The number of nitrogens with zero attached hydrogens (tertiary/aromatic N) is 1. The quantitative estimate of drug-likeness (QED) is 0.624. The normalized spacial score (nSPS) is 18.0. The summed E-state index contributed by atoms with van der Waals surface area (Å²) in [6, 6.07) is 12.7. The molecule has 130 valence electrons. The van der Waals surface area contributed by atoms with E-state index >= 15 is 0 Å². The Balaban J connectivity index is 1.62. The van der Waals surface area contributed by atoms with Crippen molar-refractivity contribution in [3.05, 3.63) is 70.8 Å². The van der Waals surface area contributed by atoms with Gasteiger partial charge < -0.3 is 15.6 Å². The molecule has 1 atom stereocenters. The molecule has 0 saturated heterocycles. The van der Waals surface area contributed by atoms with Crippen LogP contribution in [0.15, 0.2) is 42.7 Å². The van der Waals surface area contributed by atoms with Crippen LogP contribution in [0.2, 0.25) is 0 Å². The highest BCUT2D eigenvalue weighted by Crippen LogP contribution is 2.42. The Labute approximate surface area is 151 Å². The Hall–Kier alpha value is -3.08. The first kappa shape index (κ1) is 15.2. The summed E-state index contributed by atoms with van der Waals surface area (Å²) in [7, 11) is 0. The third kappa shape index (κ3) is 2.39. The van der Waals surface area contributed by atoms with Crippen molar-refractivity contribution in [2.75, 3.05) is 10.6 Å². The molecule has 3 aromatic rings. The standard InChI is InChI=1S/C21H20N4O/c1-12-21(23-11-22-12)16-9-20(26)25-19-10-18-14(8-15(16)19)7-6-13-4-2-3-5-17(13)24-18/h2-5,8,10-11,16,24H,6-7,9H2,1H3,(H,22,23)(H,25,26)/t16-/m0/s1. The zero-order valence-electron chi connectivity index (χ0n) is 14.6. The van der Waals surface area contributed by atoms with Crippen molar-refractivity contribution in [1.29, 1.82) is 0 Å². The first-order chi connectivity index (χ1) is 12.7. The predicted octanol–water partition coefficient (Wildman–Crippen LogP) is 4.03. The van der Waals surface area contributed by atoms with Gasteiger partial charge in [-0.05, 0) is 48.6 Å². The van der Waals surface area contributed by atoms with Crippen LogP contribution in [0.4, 0.5) is 17.1 Å². The molecule has 2 aliphatic heterocycles. The molecule has 0 unspecified atom stereocenters. The summed E-state index contributed by atoms with van der Waals surface area (Å²) >= 11 is 0. The molecule has 0 fully saturated rings. The number of benzene rings is 2. The summed E-state index contributed by atoms with van der Waals surface area (Å²) in [5.74, 6) is 0.0415. The van der Waals surface area contributed by atoms with Gasteiger partial charge in [-0.25, -0.2) is 4.98 Å². The number of carbonyl (C=O) groups excluding carboxylic acids is 1. The fourth-order valence-corrected chi connectivity index (χ4v) is 4.12. The van der Waals surface area contributed by atoms with E-state index in [0.717, 1.165) is 46.9 Å². The number of hydrogen-bond acceptors (Lipinski definition) is 3. The van der Waals surface area contributed by atoms with Gasteiger partial charge in [0, 0.05) is 35.1 Å². The molecule has 3 N–H and O–H groups in total. The average Bonchev–Trinajstić information content (AvgIpc) is 2.97. The number of rotatable bonds is 1. The molecular weight excluding hydrogens is 324 g/mol. The summed E-state index contributed by atoms with van der Waals surface area (Å²) in [4.78, 5) is 19.9. The third-order valence-electron chi connectivity index (χ3n) is 5.46. The van der Waals surface area contributed by atoms with E-state index in [1.54, 1.807) is 6.33 Å². The number of hydrogen-bond donors (Lipinski definition) is 3. The number of H-pyrrole nitrogens is 1. The molecule has 0 spiro atoms. The monoisotopic (exact) mass is 344 g/mol. The minimum absolute atomic E-state index is 0.000860. The number of aryl methyl sites for hydroxylation is 3. The summed E-state index contributed by atoms with van der Waals surface area (Å²) < 4.78 is 0. The number of imidazole rings is 1. The van der Waals surface area contributed by atoms with E-state index in [4.69, 9.17) is 0 Å². The highest BCUT2D eigenvalue weighted by molar-refractivity contribution is 5.96. The van der Waals surface area contributed by atoms with Crippen molar-refractivity contribution in [1.82, 2.24) is 9.97 Å². The van der Waals surface area contributed by atoms with Crippen LogP contribution in [0, 0.1) is 6.92 Å². The Morgan fingerprint density at radius 2 is 1.85 bits per heavy atom. The fourth-order valence-electron chi connectivity index (χ4n) is 4.12. The van der Waals surface area contributed by atoms with Gasteiger partial charge in [0.2, 0.25) is 5.91 Å². The number of aromatic nitrogens is 2. The van der Waals surface area contributed by atoms with Crippen LogP contribution in [0.3, 0.4) is 0 Å². The number of para-hydroxylation sites is 1. The van der Waals surface area contributed by atoms with Gasteiger partial charge in [-0.2, -0.15) is 0 Å². The Morgan fingerprint density at radius 3 is 2.69 bits per heavy atom. The van der Waals surface area contributed by atoms with Crippen LogP contribution in [-0.2, 0) is 17.6 Å². The Bertz CT molecular complexity index is 1020. The molecule has 0 radical (unpaired) electrons. The summed E-state index contributed by atoms with van der Waals surface area (Å²) in [6.45, 7) is 2.01. The maximum atomic E-state index is 12.3. The molecule has 1 amide bonds. The van der Waals surface area contributed by atoms with Gasteiger partial charge in [-0.15, -0.1) is 0 Å².